The van der Waals surface area contributed by atoms with Crippen LogP contribution in [-0.4, -0.2) is 37.0 Å². The predicted octanol–water partition coefficient (Wildman–Crippen LogP) is 3.08. The number of azo groups is 1. The zero-order valence-electron chi connectivity index (χ0n) is 12.4. The molecule has 1 rings (SSSR count). The first-order chi connectivity index (χ1) is 9.08. The molecule has 0 unspecified atom stereocenters. The van der Waals surface area contributed by atoms with Crippen LogP contribution >= 0.6 is 0 Å². The Morgan fingerprint density at radius 3 is 2.26 bits per heavy atom. The summed E-state index contributed by atoms with van der Waals surface area (Å²) in [6, 6.07) is 7.23. The number of anilines is 1. The smallest absolute Gasteiger partial charge is 0.314 e. The van der Waals surface area contributed by atoms with Gasteiger partial charge in [0.05, 0.1) is 12.2 Å². The van der Waals surface area contributed by atoms with E-state index in [1.165, 1.54) is 0 Å². The number of hydrogen-bond donors (Lipinski definition) is 1. The Labute approximate surface area is 115 Å². The molecule has 0 saturated carbocycles. The zero-order chi connectivity index (χ0) is 14.7. The van der Waals surface area contributed by atoms with Gasteiger partial charge in [-0.25, -0.2) is 4.58 Å². The molecule has 0 radical (unpaired) electrons. The maximum absolute atomic E-state index is 5.57. The van der Waals surface area contributed by atoms with Crippen LogP contribution in [0.4, 0.5) is 11.4 Å². The van der Waals surface area contributed by atoms with Crippen LogP contribution in [0.1, 0.15) is 13.8 Å². The van der Waals surface area contributed by atoms with Crippen molar-refractivity contribution in [2.24, 2.45) is 10.2 Å². The van der Waals surface area contributed by atoms with E-state index < -0.39 is 0 Å². The van der Waals surface area contributed by atoms with E-state index in [9.17, 15) is 0 Å². The van der Waals surface area contributed by atoms with E-state index in [2.05, 4.69) is 10.2 Å². The molecule has 104 valence electrons. The van der Waals surface area contributed by atoms with Crippen LogP contribution in [0, 0.1) is 0 Å². The molecule has 0 heterocycles. The van der Waals surface area contributed by atoms with Crippen LogP contribution in [0.25, 0.3) is 0 Å². The average molecular weight is 262 g/mol. The van der Waals surface area contributed by atoms with Crippen molar-refractivity contribution in [3.63, 3.8) is 0 Å². The maximum atomic E-state index is 5.57. The highest BCUT2D eigenvalue weighted by atomic mass is 15.2. The summed E-state index contributed by atoms with van der Waals surface area (Å²) in [5.74, 6) is 0. The number of nitrogen functional groups attached to an aromatic ring is 1. The van der Waals surface area contributed by atoms with Crippen molar-refractivity contribution in [1.29, 1.82) is 0 Å². The van der Waals surface area contributed by atoms with Crippen LogP contribution in [-0.2, 0) is 0 Å². The highest BCUT2D eigenvalue weighted by Gasteiger charge is 1.91. The summed E-state index contributed by atoms with van der Waals surface area (Å²) in [7, 11) is 5.81. The first-order valence-electron chi connectivity index (χ1n) is 6.24. The highest BCUT2D eigenvalue weighted by Crippen LogP contribution is 2.13. The molecule has 0 bridgehead atoms. The van der Waals surface area contributed by atoms with Gasteiger partial charge >= 0.3 is 6.34 Å². The van der Waals surface area contributed by atoms with E-state index in [0.29, 0.717) is 0 Å². The van der Waals surface area contributed by atoms with Crippen molar-refractivity contribution >= 4 is 17.7 Å². The normalized spacial score (nSPS) is 11.5. The Hall–Kier alpha value is -2.17. The molecule has 19 heavy (non-hydrogen) atoms. The summed E-state index contributed by atoms with van der Waals surface area (Å²) in [5.41, 5.74) is 7.07. The number of rotatable bonds is 4. The second-order valence-electron chi connectivity index (χ2n) is 3.85. The van der Waals surface area contributed by atoms with Gasteiger partial charge in [0, 0.05) is 26.0 Å². The minimum Gasteiger partial charge on any atom is -0.399 e. The molecule has 0 aliphatic rings. The second kappa shape index (κ2) is 9.82. The quantitative estimate of drug-likeness (QED) is 0.298. The summed E-state index contributed by atoms with van der Waals surface area (Å²) in [4.78, 5) is 1.95. The monoisotopic (exact) mass is 262 g/mol. The number of hydrogen-bond acceptors (Lipinski definition) is 3. The average Bonchev–Trinajstić information content (AvgIpc) is 2.41. The molecule has 0 aliphatic carbocycles. The molecule has 0 fully saturated rings. The third-order valence-corrected chi connectivity index (χ3v) is 1.90. The topological polar surface area (TPSA) is 57.0 Å². The van der Waals surface area contributed by atoms with Gasteiger partial charge in [-0.3, -0.25) is 0 Å². The molecule has 0 atom stereocenters. The third-order valence-electron chi connectivity index (χ3n) is 1.90. The highest BCUT2D eigenvalue weighted by molar-refractivity contribution is 5.51. The largest absolute Gasteiger partial charge is 0.399 e. The number of benzene rings is 1. The molecular formula is C14H24N5+. The Balaban J connectivity index is 0.00000154. The lowest BCUT2D eigenvalue weighted by atomic mass is 10.3. The number of nitrogens with two attached hydrogens (primary N) is 1. The molecule has 5 nitrogen and oxygen atoms in total. The Morgan fingerprint density at radius 1 is 1.16 bits per heavy atom. The van der Waals surface area contributed by atoms with Crippen molar-refractivity contribution in [2.45, 2.75) is 13.8 Å². The van der Waals surface area contributed by atoms with Gasteiger partial charge < -0.3 is 10.6 Å². The zero-order valence-corrected chi connectivity index (χ0v) is 12.4. The van der Waals surface area contributed by atoms with E-state index in [0.717, 1.165) is 11.4 Å². The SMILES string of the molecule is CC.CN(C)/C=C\[N+](C)=CN=Nc1ccc(N)cc1. The van der Waals surface area contributed by atoms with Crippen molar-refractivity contribution in [3.05, 3.63) is 36.7 Å². The number of nitrogens with zero attached hydrogens (tertiary/aromatic N) is 4. The molecule has 0 aromatic heterocycles. The predicted molar refractivity (Wildman–Crippen MR) is 81.8 cm³/mol. The molecule has 5 heteroatoms. The van der Waals surface area contributed by atoms with E-state index in [1.54, 1.807) is 18.5 Å². The van der Waals surface area contributed by atoms with Crippen molar-refractivity contribution < 1.29 is 4.58 Å². The summed E-state index contributed by atoms with van der Waals surface area (Å²) in [5, 5.41) is 8.00. The molecule has 2 N–H and O–H groups in total. The summed E-state index contributed by atoms with van der Waals surface area (Å²) in [6.07, 6.45) is 5.45. The first-order valence-corrected chi connectivity index (χ1v) is 6.24. The summed E-state index contributed by atoms with van der Waals surface area (Å²) in [6.45, 7) is 4.00. The molecule has 0 saturated heterocycles. The van der Waals surface area contributed by atoms with Gasteiger partial charge in [0.15, 0.2) is 0 Å². The lowest BCUT2D eigenvalue weighted by Gasteiger charge is -2.00. The Bertz CT molecular complexity index is 430. The van der Waals surface area contributed by atoms with Gasteiger partial charge in [0.2, 0.25) is 0 Å². The molecule has 1 aromatic carbocycles. The molecule has 0 spiro atoms. The third kappa shape index (κ3) is 8.54. The van der Waals surface area contributed by atoms with Crippen LogP contribution in [0.3, 0.4) is 0 Å². The minimum atomic E-state index is 0.721. The Kier molecular flexibility index (Phi) is 8.70. The van der Waals surface area contributed by atoms with E-state index in [-0.39, 0.29) is 0 Å². The lowest BCUT2D eigenvalue weighted by Crippen LogP contribution is -2.03. The fourth-order valence-electron chi connectivity index (χ4n) is 0.992. The summed E-state index contributed by atoms with van der Waals surface area (Å²) >= 11 is 0. The molecular weight excluding hydrogens is 238 g/mol. The second-order valence-corrected chi connectivity index (χ2v) is 3.85. The minimum absolute atomic E-state index is 0.721. The van der Waals surface area contributed by atoms with Crippen LogP contribution in [0.15, 0.2) is 46.9 Å². The van der Waals surface area contributed by atoms with E-state index >= 15 is 0 Å². The van der Waals surface area contributed by atoms with Gasteiger partial charge in [-0.05, 0) is 29.4 Å². The molecule has 0 aliphatic heterocycles. The van der Waals surface area contributed by atoms with Crippen molar-refractivity contribution in [2.75, 3.05) is 26.9 Å². The molecule has 1 aromatic rings. The van der Waals surface area contributed by atoms with Gasteiger partial charge in [0.1, 0.15) is 11.9 Å². The summed E-state index contributed by atoms with van der Waals surface area (Å²) < 4.78 is 1.82. The fourth-order valence-corrected chi connectivity index (χ4v) is 0.992. The fraction of sp³-hybridized carbons (Fsp3) is 0.357. The van der Waals surface area contributed by atoms with Crippen molar-refractivity contribution in [3.8, 4) is 0 Å². The van der Waals surface area contributed by atoms with Gasteiger partial charge in [-0.15, -0.1) is 0 Å². The maximum Gasteiger partial charge on any atom is 0.314 e. The van der Waals surface area contributed by atoms with Crippen LogP contribution in [0.5, 0.6) is 0 Å². The van der Waals surface area contributed by atoms with Crippen LogP contribution < -0.4 is 5.73 Å². The standard InChI is InChI=1S/C12H17N5.C2H6/c1-16(2)8-9-17(3)10-14-15-12-6-4-11(13)5-7-12;1-2/h4-10,13H,1-3H3;1-2H3/p+1/b9-8-;. The van der Waals surface area contributed by atoms with Crippen LogP contribution in [0.2, 0.25) is 0 Å². The van der Waals surface area contributed by atoms with Gasteiger partial charge in [-0.1, -0.05) is 13.8 Å². The first kappa shape index (κ1) is 16.8. The molecule has 0 amide bonds. The van der Waals surface area contributed by atoms with Gasteiger partial charge in [0.25, 0.3) is 0 Å². The van der Waals surface area contributed by atoms with E-state index in [1.807, 2.05) is 69.0 Å². The lowest BCUT2D eigenvalue weighted by molar-refractivity contribution is -0.418. The Morgan fingerprint density at radius 2 is 1.74 bits per heavy atom. The van der Waals surface area contributed by atoms with Crippen molar-refractivity contribution in [1.82, 2.24) is 4.90 Å². The van der Waals surface area contributed by atoms with Gasteiger partial charge in [-0.2, -0.15) is 0 Å². The van der Waals surface area contributed by atoms with E-state index in [4.69, 9.17) is 5.73 Å².